The van der Waals surface area contributed by atoms with Crippen LogP contribution in [0.2, 0.25) is 0 Å². The lowest BCUT2D eigenvalue weighted by Crippen LogP contribution is -2.51. The highest BCUT2D eigenvalue weighted by atomic mass is 32.2. The van der Waals surface area contributed by atoms with Gasteiger partial charge in [0.15, 0.2) is 5.25 Å². The summed E-state index contributed by atoms with van der Waals surface area (Å²) < 4.78 is 25.4. The Balaban J connectivity index is 2.97. The summed E-state index contributed by atoms with van der Waals surface area (Å²) in [7, 11) is -3.80. The quantitative estimate of drug-likeness (QED) is 0.651. The fourth-order valence-corrected chi connectivity index (χ4v) is 3.42. The molecule has 7 nitrogen and oxygen atoms in total. The van der Waals surface area contributed by atoms with Crippen molar-refractivity contribution in [1.29, 1.82) is 5.26 Å². The number of carbonyl (C=O) groups excluding carboxylic acids is 1. The number of sulfonamides is 1. The molecule has 1 aliphatic rings. The van der Waals surface area contributed by atoms with E-state index < -0.39 is 21.2 Å². The van der Waals surface area contributed by atoms with Crippen LogP contribution in [0.25, 0.3) is 0 Å². The predicted octanol–water partition coefficient (Wildman–Crippen LogP) is -1.23. The lowest BCUT2D eigenvalue weighted by Gasteiger charge is -2.33. The normalized spacial score (nSPS) is 19.4. The Bertz CT molecular complexity index is 437. The standard InChI is InChI=1S/C10H18N4O3S/c1-8(6-11)18(16,17)14(7-10(12)15)9-2-4-13-5-3-9/h8-9,13H,2-5,7H2,1H3,(H2,12,15). The van der Waals surface area contributed by atoms with Crippen LogP contribution >= 0.6 is 0 Å². The average molecular weight is 274 g/mol. The Hall–Kier alpha value is -1.17. The van der Waals surface area contributed by atoms with E-state index in [9.17, 15) is 13.2 Å². The zero-order chi connectivity index (χ0) is 13.8. The van der Waals surface area contributed by atoms with E-state index in [1.54, 1.807) is 6.07 Å². The van der Waals surface area contributed by atoms with Crippen molar-refractivity contribution in [2.24, 2.45) is 5.73 Å². The molecule has 1 atom stereocenters. The minimum atomic E-state index is -3.80. The van der Waals surface area contributed by atoms with E-state index in [1.165, 1.54) is 6.92 Å². The first kappa shape index (κ1) is 14.9. The van der Waals surface area contributed by atoms with Crippen LogP contribution in [-0.2, 0) is 14.8 Å². The number of nitrogens with one attached hydrogen (secondary N) is 1. The van der Waals surface area contributed by atoms with Crippen molar-refractivity contribution in [3.63, 3.8) is 0 Å². The van der Waals surface area contributed by atoms with Gasteiger partial charge in [-0.05, 0) is 32.9 Å². The minimum Gasteiger partial charge on any atom is -0.369 e. The molecule has 0 radical (unpaired) electrons. The topological polar surface area (TPSA) is 116 Å². The van der Waals surface area contributed by atoms with Crippen molar-refractivity contribution in [3.05, 3.63) is 0 Å². The maximum Gasteiger partial charge on any atom is 0.232 e. The summed E-state index contributed by atoms with van der Waals surface area (Å²) in [4.78, 5) is 11.0. The highest BCUT2D eigenvalue weighted by molar-refractivity contribution is 7.90. The van der Waals surface area contributed by atoms with Gasteiger partial charge in [-0.3, -0.25) is 4.79 Å². The summed E-state index contributed by atoms with van der Waals surface area (Å²) in [6, 6.07) is 1.44. The second kappa shape index (κ2) is 6.13. The molecule has 3 N–H and O–H groups in total. The Kier molecular flexibility index (Phi) is 5.07. The number of amides is 1. The number of primary amides is 1. The van der Waals surface area contributed by atoms with E-state index in [0.29, 0.717) is 25.9 Å². The molecule has 0 bridgehead atoms. The van der Waals surface area contributed by atoms with E-state index in [-0.39, 0.29) is 12.6 Å². The molecular formula is C10H18N4O3S. The highest BCUT2D eigenvalue weighted by Crippen LogP contribution is 2.18. The summed E-state index contributed by atoms with van der Waals surface area (Å²) in [5, 5.41) is 10.7. The second-order valence-electron chi connectivity index (χ2n) is 4.31. The van der Waals surface area contributed by atoms with Gasteiger partial charge >= 0.3 is 0 Å². The Labute approximate surface area is 107 Å². The van der Waals surface area contributed by atoms with E-state index in [2.05, 4.69) is 5.32 Å². The van der Waals surface area contributed by atoms with E-state index in [1.807, 2.05) is 0 Å². The summed E-state index contributed by atoms with van der Waals surface area (Å²) >= 11 is 0. The molecule has 1 amide bonds. The van der Waals surface area contributed by atoms with Crippen molar-refractivity contribution >= 4 is 15.9 Å². The molecule has 0 aromatic rings. The van der Waals surface area contributed by atoms with Crippen LogP contribution in [0.5, 0.6) is 0 Å². The lowest BCUT2D eigenvalue weighted by atomic mass is 10.1. The van der Waals surface area contributed by atoms with Crippen LogP contribution < -0.4 is 11.1 Å². The van der Waals surface area contributed by atoms with Gasteiger partial charge in [0.2, 0.25) is 15.9 Å². The number of carbonyl (C=O) groups is 1. The molecule has 18 heavy (non-hydrogen) atoms. The Morgan fingerprint density at radius 3 is 2.56 bits per heavy atom. The third-order valence-electron chi connectivity index (χ3n) is 2.98. The van der Waals surface area contributed by atoms with E-state index in [4.69, 9.17) is 11.0 Å². The summed E-state index contributed by atoms with van der Waals surface area (Å²) in [5.74, 6) is -0.706. The molecule has 1 fully saturated rings. The van der Waals surface area contributed by atoms with Crippen LogP contribution in [0.4, 0.5) is 0 Å². The molecule has 0 aromatic heterocycles. The molecule has 1 saturated heterocycles. The smallest absolute Gasteiger partial charge is 0.232 e. The number of nitrogens with zero attached hydrogens (tertiary/aromatic N) is 2. The fraction of sp³-hybridized carbons (Fsp3) is 0.800. The third kappa shape index (κ3) is 3.41. The summed E-state index contributed by atoms with van der Waals surface area (Å²) in [5.41, 5.74) is 5.09. The molecule has 0 aromatic carbocycles. The Morgan fingerprint density at radius 2 is 2.11 bits per heavy atom. The maximum absolute atomic E-state index is 12.2. The van der Waals surface area contributed by atoms with Crippen molar-refractivity contribution < 1.29 is 13.2 Å². The zero-order valence-electron chi connectivity index (χ0n) is 10.3. The first-order valence-electron chi connectivity index (χ1n) is 5.79. The molecule has 102 valence electrons. The van der Waals surface area contributed by atoms with Crippen LogP contribution in [-0.4, -0.2) is 49.6 Å². The molecule has 0 saturated carbocycles. The molecule has 0 spiro atoms. The molecule has 1 unspecified atom stereocenters. The number of rotatable bonds is 5. The van der Waals surface area contributed by atoms with Crippen molar-refractivity contribution in [1.82, 2.24) is 9.62 Å². The molecule has 1 rings (SSSR count). The van der Waals surface area contributed by atoms with Crippen LogP contribution in [0, 0.1) is 11.3 Å². The van der Waals surface area contributed by atoms with Gasteiger partial charge in [0.25, 0.3) is 0 Å². The summed E-state index contributed by atoms with van der Waals surface area (Å²) in [6.07, 6.45) is 1.23. The number of nitriles is 1. The monoisotopic (exact) mass is 274 g/mol. The van der Waals surface area contributed by atoms with Crippen molar-refractivity contribution in [2.45, 2.75) is 31.1 Å². The number of hydrogen-bond donors (Lipinski definition) is 2. The van der Waals surface area contributed by atoms with Gasteiger partial charge < -0.3 is 11.1 Å². The number of hydrogen-bond acceptors (Lipinski definition) is 5. The Morgan fingerprint density at radius 1 is 1.56 bits per heavy atom. The van der Waals surface area contributed by atoms with Gasteiger partial charge in [0.05, 0.1) is 12.6 Å². The molecular weight excluding hydrogens is 256 g/mol. The van der Waals surface area contributed by atoms with Gasteiger partial charge in [-0.2, -0.15) is 9.57 Å². The largest absolute Gasteiger partial charge is 0.369 e. The second-order valence-corrected chi connectivity index (χ2v) is 6.52. The van der Waals surface area contributed by atoms with Crippen LogP contribution in [0.3, 0.4) is 0 Å². The predicted molar refractivity (Wildman–Crippen MR) is 65.8 cm³/mol. The van der Waals surface area contributed by atoms with Crippen molar-refractivity contribution in [2.75, 3.05) is 19.6 Å². The molecule has 8 heteroatoms. The SMILES string of the molecule is CC(C#N)S(=O)(=O)N(CC(N)=O)C1CCNCC1. The van der Waals surface area contributed by atoms with Crippen LogP contribution in [0.15, 0.2) is 0 Å². The van der Waals surface area contributed by atoms with Crippen molar-refractivity contribution in [3.8, 4) is 6.07 Å². The lowest BCUT2D eigenvalue weighted by molar-refractivity contribution is -0.118. The minimum absolute atomic E-state index is 0.264. The average Bonchev–Trinajstić information content (AvgIpc) is 2.35. The molecule has 0 aliphatic carbocycles. The van der Waals surface area contributed by atoms with Gasteiger partial charge in [-0.15, -0.1) is 0 Å². The highest BCUT2D eigenvalue weighted by Gasteiger charge is 2.35. The first-order chi connectivity index (χ1) is 8.39. The number of piperidine rings is 1. The van der Waals surface area contributed by atoms with Gasteiger partial charge in [0, 0.05) is 6.04 Å². The molecule has 1 heterocycles. The zero-order valence-corrected chi connectivity index (χ0v) is 11.1. The van der Waals surface area contributed by atoms with E-state index >= 15 is 0 Å². The van der Waals surface area contributed by atoms with Gasteiger partial charge in [-0.25, -0.2) is 8.42 Å². The molecule has 1 aliphatic heterocycles. The van der Waals surface area contributed by atoms with Crippen LogP contribution in [0.1, 0.15) is 19.8 Å². The number of nitrogens with two attached hydrogens (primary N) is 1. The van der Waals surface area contributed by atoms with E-state index in [0.717, 1.165) is 4.31 Å². The maximum atomic E-state index is 12.2. The van der Waals surface area contributed by atoms with Gasteiger partial charge in [-0.1, -0.05) is 0 Å². The fourth-order valence-electron chi connectivity index (χ4n) is 1.94. The van der Waals surface area contributed by atoms with Gasteiger partial charge in [0.1, 0.15) is 0 Å². The summed E-state index contributed by atoms with van der Waals surface area (Å²) in [6.45, 7) is 2.33. The third-order valence-corrected chi connectivity index (χ3v) is 5.06. The first-order valence-corrected chi connectivity index (χ1v) is 7.29.